The van der Waals surface area contributed by atoms with Crippen molar-refractivity contribution in [3.05, 3.63) is 51.2 Å². The number of carbonyl (C=O) groups excluding carboxylic acids is 1. The average Bonchev–Trinajstić information content (AvgIpc) is 3.53. The monoisotopic (exact) mass is 473 g/mol. The number of rotatable bonds is 5. The summed E-state index contributed by atoms with van der Waals surface area (Å²) in [6.45, 7) is 9.65. The normalized spacial score (nSPS) is 15.6. The minimum atomic E-state index is -0.0242. The van der Waals surface area contributed by atoms with Gasteiger partial charge in [-0.2, -0.15) is 5.10 Å². The van der Waals surface area contributed by atoms with Gasteiger partial charge in [-0.05, 0) is 30.3 Å². The van der Waals surface area contributed by atoms with Gasteiger partial charge in [0.15, 0.2) is 0 Å². The van der Waals surface area contributed by atoms with Crippen molar-refractivity contribution >= 4 is 17.2 Å². The number of thiophene rings is 1. The number of hydrogen-bond acceptors (Lipinski definition) is 5. The lowest BCUT2D eigenvalue weighted by Crippen LogP contribution is -2.43. The fourth-order valence-corrected chi connectivity index (χ4v) is 5.31. The SMILES string of the molecule is CC(C)C(=O)NCC#Cc1cc(-c2n[nH]c3c2Cc2ccc(CN4CCN(C)CC4)cc2-3)cs1. The Morgan fingerprint density at radius 1 is 1.24 bits per heavy atom. The molecule has 1 saturated heterocycles. The third-order valence-corrected chi connectivity index (χ3v) is 7.49. The Morgan fingerprint density at radius 3 is 2.85 bits per heavy atom. The van der Waals surface area contributed by atoms with E-state index in [0.29, 0.717) is 6.54 Å². The summed E-state index contributed by atoms with van der Waals surface area (Å²) in [4.78, 5) is 17.6. The lowest BCUT2D eigenvalue weighted by atomic mass is 10.0. The minimum Gasteiger partial charge on any atom is -0.345 e. The molecule has 1 fully saturated rings. The molecule has 0 saturated carbocycles. The zero-order valence-corrected chi connectivity index (χ0v) is 20.9. The van der Waals surface area contributed by atoms with E-state index in [9.17, 15) is 4.79 Å². The van der Waals surface area contributed by atoms with Crippen LogP contribution in [0.4, 0.5) is 0 Å². The highest BCUT2D eigenvalue weighted by Gasteiger charge is 2.26. The summed E-state index contributed by atoms with van der Waals surface area (Å²) in [5.41, 5.74) is 8.56. The number of H-pyrrole nitrogens is 1. The molecule has 34 heavy (non-hydrogen) atoms. The highest BCUT2D eigenvalue weighted by molar-refractivity contribution is 7.11. The summed E-state index contributed by atoms with van der Waals surface area (Å²) < 4.78 is 0. The van der Waals surface area contributed by atoms with E-state index in [1.54, 1.807) is 11.3 Å². The van der Waals surface area contributed by atoms with Gasteiger partial charge in [-0.1, -0.05) is 37.8 Å². The molecule has 2 aromatic heterocycles. The number of benzene rings is 1. The van der Waals surface area contributed by atoms with E-state index in [-0.39, 0.29) is 11.8 Å². The predicted molar refractivity (Wildman–Crippen MR) is 138 cm³/mol. The molecule has 0 bridgehead atoms. The van der Waals surface area contributed by atoms with Gasteiger partial charge in [0.1, 0.15) is 0 Å². The Morgan fingerprint density at radius 2 is 2.06 bits per heavy atom. The number of hydrogen-bond donors (Lipinski definition) is 2. The van der Waals surface area contributed by atoms with Gasteiger partial charge in [-0.25, -0.2) is 0 Å². The molecule has 2 aliphatic rings. The highest BCUT2D eigenvalue weighted by Crippen LogP contribution is 2.41. The molecule has 1 aromatic carbocycles. The maximum Gasteiger partial charge on any atom is 0.223 e. The summed E-state index contributed by atoms with van der Waals surface area (Å²) in [5, 5.41) is 12.9. The molecule has 176 valence electrons. The number of likely N-dealkylation sites (N-methyl/N-ethyl adjacent to an activating group) is 1. The summed E-state index contributed by atoms with van der Waals surface area (Å²) in [6, 6.07) is 9.01. The Labute approximate surface area is 205 Å². The number of carbonyl (C=O) groups is 1. The number of piperazine rings is 1. The quantitative estimate of drug-likeness (QED) is 0.435. The van der Waals surface area contributed by atoms with E-state index in [4.69, 9.17) is 0 Å². The number of nitrogens with zero attached hydrogens (tertiary/aromatic N) is 3. The number of amides is 1. The minimum absolute atomic E-state index is 0.0242. The topological polar surface area (TPSA) is 64.3 Å². The van der Waals surface area contributed by atoms with E-state index in [2.05, 4.69) is 73.8 Å². The van der Waals surface area contributed by atoms with Crippen molar-refractivity contribution in [2.24, 2.45) is 5.92 Å². The summed E-state index contributed by atoms with van der Waals surface area (Å²) >= 11 is 1.62. The molecule has 1 aliphatic heterocycles. The zero-order valence-electron chi connectivity index (χ0n) is 20.1. The molecular weight excluding hydrogens is 442 g/mol. The van der Waals surface area contributed by atoms with Crippen LogP contribution in [0.5, 0.6) is 0 Å². The van der Waals surface area contributed by atoms with Gasteiger partial charge in [0.05, 0.1) is 22.8 Å². The first kappa shape index (κ1) is 22.9. The molecule has 0 atom stereocenters. The predicted octanol–water partition coefficient (Wildman–Crippen LogP) is 3.58. The lowest BCUT2D eigenvalue weighted by molar-refractivity contribution is -0.123. The first-order valence-electron chi connectivity index (χ1n) is 11.9. The van der Waals surface area contributed by atoms with Crippen LogP contribution in [0.15, 0.2) is 29.6 Å². The van der Waals surface area contributed by atoms with Crippen LogP contribution in [-0.2, 0) is 17.8 Å². The fourth-order valence-electron chi connectivity index (χ4n) is 4.56. The van der Waals surface area contributed by atoms with Crippen LogP contribution in [0.25, 0.3) is 22.5 Å². The van der Waals surface area contributed by atoms with Crippen molar-refractivity contribution in [3.63, 3.8) is 0 Å². The molecule has 0 spiro atoms. The molecule has 7 heteroatoms. The van der Waals surface area contributed by atoms with Gasteiger partial charge >= 0.3 is 0 Å². The third-order valence-electron chi connectivity index (χ3n) is 6.64. The van der Waals surface area contributed by atoms with Crippen molar-refractivity contribution in [3.8, 4) is 34.4 Å². The van der Waals surface area contributed by atoms with Gasteiger partial charge in [0.25, 0.3) is 0 Å². The third kappa shape index (κ3) is 4.80. The number of aromatic amines is 1. The van der Waals surface area contributed by atoms with E-state index >= 15 is 0 Å². The molecule has 3 heterocycles. The van der Waals surface area contributed by atoms with Gasteiger partial charge < -0.3 is 10.2 Å². The van der Waals surface area contributed by atoms with Gasteiger partial charge in [0, 0.05) is 67.1 Å². The van der Waals surface area contributed by atoms with Crippen molar-refractivity contribution in [1.29, 1.82) is 0 Å². The first-order chi connectivity index (χ1) is 16.5. The smallest absolute Gasteiger partial charge is 0.223 e. The second kappa shape index (κ2) is 9.75. The Kier molecular flexibility index (Phi) is 6.55. The van der Waals surface area contributed by atoms with Crippen molar-refractivity contribution in [1.82, 2.24) is 25.3 Å². The van der Waals surface area contributed by atoms with Crippen LogP contribution in [0.2, 0.25) is 0 Å². The number of aromatic nitrogens is 2. The molecule has 6 nitrogen and oxygen atoms in total. The summed E-state index contributed by atoms with van der Waals surface area (Å²) in [7, 11) is 2.19. The summed E-state index contributed by atoms with van der Waals surface area (Å²) in [6.07, 6.45) is 0.906. The standard InChI is InChI=1S/C27H31N5OS/c1-18(2)27(33)28-8-4-5-22-14-21(17-34-22)25-24-15-20-7-6-19(13-23(20)26(24)30-29-25)16-32-11-9-31(3)10-12-32/h6-7,13-14,17-18H,8-12,15-16H2,1-3H3,(H,28,33)(H,29,30). The molecular formula is C27H31N5OS. The molecule has 1 amide bonds. The Balaban J connectivity index is 1.28. The number of fused-ring (bicyclic) bond motifs is 3. The van der Waals surface area contributed by atoms with E-state index in [0.717, 1.165) is 61.0 Å². The van der Waals surface area contributed by atoms with Crippen molar-refractivity contribution in [2.45, 2.75) is 26.8 Å². The number of nitrogens with one attached hydrogen (secondary N) is 2. The van der Waals surface area contributed by atoms with Crippen molar-refractivity contribution in [2.75, 3.05) is 39.8 Å². The summed E-state index contributed by atoms with van der Waals surface area (Å²) in [5.74, 6) is 6.21. The second-order valence-corrected chi connectivity index (χ2v) is 10.5. The van der Waals surface area contributed by atoms with Gasteiger partial charge in [-0.3, -0.25) is 14.8 Å². The van der Waals surface area contributed by atoms with Crippen LogP contribution in [0.1, 0.15) is 35.4 Å². The van der Waals surface area contributed by atoms with Crippen LogP contribution >= 0.6 is 11.3 Å². The van der Waals surface area contributed by atoms with Crippen LogP contribution in [0.3, 0.4) is 0 Å². The highest BCUT2D eigenvalue weighted by atomic mass is 32.1. The lowest BCUT2D eigenvalue weighted by Gasteiger charge is -2.32. The van der Waals surface area contributed by atoms with Crippen LogP contribution in [-0.4, -0.2) is 65.7 Å². The maximum absolute atomic E-state index is 11.7. The average molecular weight is 474 g/mol. The van der Waals surface area contributed by atoms with E-state index in [1.807, 2.05) is 13.8 Å². The second-order valence-electron chi connectivity index (χ2n) is 9.55. The van der Waals surface area contributed by atoms with E-state index < -0.39 is 0 Å². The van der Waals surface area contributed by atoms with Gasteiger partial charge in [0.2, 0.25) is 5.91 Å². The largest absolute Gasteiger partial charge is 0.345 e. The van der Waals surface area contributed by atoms with Gasteiger partial charge in [-0.15, -0.1) is 11.3 Å². The molecule has 5 rings (SSSR count). The molecule has 0 radical (unpaired) electrons. The molecule has 0 unspecified atom stereocenters. The van der Waals surface area contributed by atoms with Crippen LogP contribution in [0, 0.1) is 17.8 Å². The maximum atomic E-state index is 11.7. The van der Waals surface area contributed by atoms with Crippen molar-refractivity contribution < 1.29 is 4.79 Å². The first-order valence-corrected chi connectivity index (χ1v) is 12.8. The Hall–Kier alpha value is -2.92. The van der Waals surface area contributed by atoms with E-state index in [1.165, 1.54) is 22.3 Å². The molecule has 2 N–H and O–H groups in total. The molecule has 1 aliphatic carbocycles. The van der Waals surface area contributed by atoms with Crippen LogP contribution < -0.4 is 5.32 Å². The molecule has 3 aromatic rings. The fraction of sp³-hybridized carbons (Fsp3) is 0.407. The zero-order chi connectivity index (χ0) is 23.7. The Bertz CT molecular complexity index is 1250.